The first-order valence-electron chi connectivity index (χ1n) is 22.2. The van der Waals surface area contributed by atoms with Crippen molar-refractivity contribution < 1.29 is 0 Å². The van der Waals surface area contributed by atoms with Gasteiger partial charge in [-0.2, -0.15) is 0 Å². The Morgan fingerprint density at radius 3 is 1.17 bits per heavy atom. The van der Waals surface area contributed by atoms with Crippen LogP contribution in [0.15, 0.2) is 146 Å². The van der Waals surface area contributed by atoms with Crippen LogP contribution < -0.4 is 10.6 Å². The third-order valence-electron chi connectivity index (χ3n) is 12.9. The number of aromatic nitrogens is 4. The van der Waals surface area contributed by atoms with E-state index in [0.29, 0.717) is 24.2 Å². The van der Waals surface area contributed by atoms with E-state index in [2.05, 4.69) is 117 Å². The van der Waals surface area contributed by atoms with Crippen LogP contribution in [0.2, 0.25) is 0 Å². The monoisotopic (exact) mass is 794 g/mol. The summed E-state index contributed by atoms with van der Waals surface area (Å²) in [5.74, 6) is 0. The third-order valence-corrected chi connectivity index (χ3v) is 12.9. The molecular formula is C52H58N8. The Bertz CT molecular complexity index is 2150. The minimum Gasteiger partial charge on any atom is -0.308 e. The molecule has 2 aliphatic carbocycles. The summed E-state index contributed by atoms with van der Waals surface area (Å²) in [6.07, 6.45) is 17.3. The van der Waals surface area contributed by atoms with Crippen molar-refractivity contribution in [2.45, 2.75) is 115 Å². The van der Waals surface area contributed by atoms with Crippen LogP contribution in [0.5, 0.6) is 0 Å². The quantitative estimate of drug-likeness (QED) is 0.0937. The second-order valence-electron chi connectivity index (χ2n) is 16.9. The van der Waals surface area contributed by atoms with E-state index < -0.39 is 0 Å². The van der Waals surface area contributed by atoms with E-state index in [1.165, 1.54) is 84.0 Å². The van der Waals surface area contributed by atoms with Gasteiger partial charge in [0.05, 0.1) is 22.8 Å². The zero-order chi connectivity index (χ0) is 40.4. The van der Waals surface area contributed by atoms with Crippen molar-refractivity contribution in [2.24, 2.45) is 0 Å². The summed E-state index contributed by atoms with van der Waals surface area (Å²) < 4.78 is 0. The number of benzene rings is 3. The van der Waals surface area contributed by atoms with Gasteiger partial charge < -0.3 is 10.6 Å². The Hall–Kier alpha value is -5.38. The van der Waals surface area contributed by atoms with Gasteiger partial charge in [0.2, 0.25) is 0 Å². The molecule has 306 valence electrons. The Labute approximate surface area is 355 Å². The fourth-order valence-electron chi connectivity index (χ4n) is 9.92. The van der Waals surface area contributed by atoms with Crippen LogP contribution in [0, 0.1) is 0 Å². The van der Waals surface area contributed by atoms with Crippen LogP contribution in [0.1, 0.15) is 85.3 Å². The Morgan fingerprint density at radius 1 is 0.417 bits per heavy atom. The van der Waals surface area contributed by atoms with Gasteiger partial charge in [-0.1, -0.05) is 86.3 Å². The average molecular weight is 795 g/mol. The maximum absolute atomic E-state index is 4.73. The van der Waals surface area contributed by atoms with Crippen LogP contribution in [-0.2, 0) is 39.3 Å². The topological polar surface area (TPSA) is 82.1 Å². The average Bonchev–Trinajstić information content (AvgIpc) is 3.30. The van der Waals surface area contributed by atoms with E-state index in [1.807, 2.05) is 49.1 Å². The molecular weight excluding hydrogens is 737 g/mol. The Morgan fingerprint density at radius 2 is 0.800 bits per heavy atom. The Kier molecular flexibility index (Phi) is 13.2. The second-order valence-corrected chi connectivity index (χ2v) is 16.9. The Balaban J connectivity index is 0.940. The summed E-state index contributed by atoms with van der Waals surface area (Å²) in [7, 11) is 0. The molecule has 2 saturated carbocycles. The maximum atomic E-state index is 4.73. The number of hydrogen-bond acceptors (Lipinski definition) is 8. The second kappa shape index (κ2) is 19.8. The highest BCUT2D eigenvalue weighted by atomic mass is 15.2. The van der Waals surface area contributed by atoms with Gasteiger partial charge in [0.1, 0.15) is 0 Å². The zero-order valence-corrected chi connectivity index (χ0v) is 34.7. The molecule has 8 heteroatoms. The fraction of sp³-hybridized carbons (Fsp3) is 0.346. The zero-order valence-electron chi connectivity index (χ0n) is 34.7. The van der Waals surface area contributed by atoms with Crippen LogP contribution in [0.3, 0.4) is 0 Å². The van der Waals surface area contributed by atoms with Gasteiger partial charge in [-0.25, -0.2) is 0 Å². The summed E-state index contributed by atoms with van der Waals surface area (Å²) in [4.78, 5) is 24.1. The van der Waals surface area contributed by atoms with E-state index in [1.54, 1.807) is 0 Å². The highest BCUT2D eigenvalue weighted by molar-refractivity contribution is 6.01. The van der Waals surface area contributed by atoms with Crippen molar-refractivity contribution in [3.63, 3.8) is 0 Å². The minimum atomic E-state index is 0.375. The standard InChI is InChI=1S/C52H58N8/c1-3-25-51(59(35-43-19-5-9-27-53-43)36-44-20-6-10-28-54-44)49(23-1)57-33-41-17-13-15-39-31-40-16-14-18-42(48(40)32-47(39)41)34-58-50-24-2-4-26-52(50)60(37-45-21-7-11-29-55-45)38-46-22-8-12-30-56-46/h5-22,27-32,49-52,57-58H,1-4,23-26,33-38H2/t49-,50-,51-,52-/m0/s1. The van der Waals surface area contributed by atoms with Crippen molar-refractivity contribution in [3.8, 4) is 0 Å². The fourth-order valence-corrected chi connectivity index (χ4v) is 9.92. The number of fused-ring (bicyclic) bond motifs is 2. The van der Waals surface area contributed by atoms with Crippen LogP contribution >= 0.6 is 0 Å². The largest absolute Gasteiger partial charge is 0.308 e. The van der Waals surface area contributed by atoms with Crippen molar-refractivity contribution in [1.29, 1.82) is 0 Å². The normalized spacial score (nSPS) is 19.6. The first kappa shape index (κ1) is 40.0. The number of nitrogens with one attached hydrogen (secondary N) is 2. The predicted molar refractivity (Wildman–Crippen MR) is 243 cm³/mol. The number of nitrogens with zero attached hydrogens (tertiary/aromatic N) is 6. The molecule has 2 aliphatic rings. The molecule has 9 rings (SSSR count). The van der Waals surface area contributed by atoms with E-state index >= 15 is 0 Å². The molecule has 8 nitrogen and oxygen atoms in total. The molecule has 2 fully saturated rings. The van der Waals surface area contributed by atoms with Gasteiger partial charge in [0.25, 0.3) is 0 Å². The molecule has 60 heavy (non-hydrogen) atoms. The summed E-state index contributed by atoms with van der Waals surface area (Å²) in [6.45, 7) is 4.91. The third kappa shape index (κ3) is 9.96. The van der Waals surface area contributed by atoms with Crippen LogP contribution in [0.25, 0.3) is 21.5 Å². The highest BCUT2D eigenvalue weighted by Gasteiger charge is 2.32. The molecule has 0 spiro atoms. The summed E-state index contributed by atoms with van der Waals surface area (Å²) >= 11 is 0. The first-order valence-corrected chi connectivity index (χ1v) is 22.2. The molecule has 0 aliphatic heterocycles. The van der Waals surface area contributed by atoms with Gasteiger partial charge in [0.15, 0.2) is 0 Å². The SMILES string of the molecule is c1ccc(CN(Cc2ccccn2)[C@H]2CCCC[C@@H]2NCc2cccc3cc4cccc(CN[C@H]5CCCC[C@@H]5N(Cc5ccccn5)Cc5ccccn5)c4cc23)nc1. The summed E-state index contributed by atoms with van der Waals surface area (Å²) in [5, 5.41) is 13.5. The molecule has 7 aromatic rings. The van der Waals surface area contributed by atoms with E-state index in [-0.39, 0.29) is 0 Å². The molecule has 4 atom stereocenters. The molecule has 0 unspecified atom stereocenters. The van der Waals surface area contributed by atoms with E-state index in [9.17, 15) is 0 Å². The minimum absolute atomic E-state index is 0.375. The molecule has 4 heterocycles. The van der Waals surface area contributed by atoms with Crippen molar-refractivity contribution in [2.75, 3.05) is 0 Å². The number of rotatable bonds is 16. The number of pyridine rings is 4. The lowest BCUT2D eigenvalue weighted by Crippen LogP contribution is -2.51. The van der Waals surface area contributed by atoms with E-state index in [4.69, 9.17) is 19.9 Å². The van der Waals surface area contributed by atoms with Gasteiger partial charge in [-0.05, 0) is 119 Å². The molecule has 4 aromatic heterocycles. The lowest BCUT2D eigenvalue weighted by atomic mass is 9.88. The van der Waals surface area contributed by atoms with Gasteiger partial charge in [0, 0.05) is 88.2 Å². The lowest BCUT2D eigenvalue weighted by Gasteiger charge is -2.40. The van der Waals surface area contributed by atoms with Gasteiger partial charge in [-0.15, -0.1) is 0 Å². The summed E-state index contributed by atoms with van der Waals surface area (Å²) in [5.41, 5.74) is 7.14. The van der Waals surface area contributed by atoms with E-state index in [0.717, 1.165) is 62.0 Å². The van der Waals surface area contributed by atoms with Crippen LogP contribution in [-0.4, -0.2) is 53.9 Å². The van der Waals surface area contributed by atoms with Crippen LogP contribution in [0.4, 0.5) is 0 Å². The smallest absolute Gasteiger partial charge is 0.0544 e. The van der Waals surface area contributed by atoms with Crippen molar-refractivity contribution in [3.05, 3.63) is 180 Å². The molecule has 0 radical (unpaired) electrons. The predicted octanol–water partition coefficient (Wildman–Crippen LogP) is 9.78. The van der Waals surface area contributed by atoms with Gasteiger partial charge in [-0.3, -0.25) is 29.7 Å². The highest BCUT2D eigenvalue weighted by Crippen LogP contribution is 2.31. The van der Waals surface area contributed by atoms with Crippen molar-refractivity contribution >= 4 is 21.5 Å². The molecule has 3 aromatic carbocycles. The van der Waals surface area contributed by atoms with Gasteiger partial charge >= 0.3 is 0 Å². The lowest BCUT2D eigenvalue weighted by molar-refractivity contribution is 0.104. The molecule has 0 amide bonds. The first-order chi connectivity index (χ1) is 29.7. The summed E-state index contributed by atoms with van der Waals surface area (Å²) in [6, 6.07) is 45.1. The maximum Gasteiger partial charge on any atom is 0.0544 e. The molecule has 0 bridgehead atoms. The molecule has 2 N–H and O–H groups in total. The van der Waals surface area contributed by atoms with Crippen molar-refractivity contribution in [1.82, 2.24) is 40.4 Å². The number of hydrogen-bond donors (Lipinski definition) is 2. The molecule has 0 saturated heterocycles.